The lowest BCUT2D eigenvalue weighted by Crippen LogP contribution is -2.23. The molecule has 0 amide bonds. The van der Waals surface area contributed by atoms with Crippen LogP contribution in [0.2, 0.25) is 0 Å². The van der Waals surface area contributed by atoms with Crippen LogP contribution < -0.4 is 15.5 Å². The van der Waals surface area contributed by atoms with Gasteiger partial charge in [-0.25, -0.2) is 13.6 Å². The number of halogens is 2. The molecule has 1 aromatic heterocycles. The molecule has 2 atom stereocenters. The maximum Gasteiger partial charge on any atom is 0.343 e. The van der Waals surface area contributed by atoms with Gasteiger partial charge in [0.1, 0.15) is 11.3 Å². The van der Waals surface area contributed by atoms with Gasteiger partial charge in [0.15, 0.2) is 11.6 Å². The average Bonchev–Trinajstić information content (AvgIpc) is 3.69. The zero-order valence-electron chi connectivity index (χ0n) is 22.3. The van der Waals surface area contributed by atoms with Crippen LogP contribution in [0.3, 0.4) is 0 Å². The van der Waals surface area contributed by atoms with E-state index < -0.39 is 23.0 Å². The lowest BCUT2D eigenvalue weighted by molar-refractivity contribution is 0.0520. The van der Waals surface area contributed by atoms with Gasteiger partial charge in [-0.05, 0) is 69.2 Å². The van der Waals surface area contributed by atoms with E-state index in [-0.39, 0.29) is 47.7 Å². The zero-order valence-corrected chi connectivity index (χ0v) is 22.3. The largest absolute Gasteiger partial charge is 0.497 e. The number of aromatic nitrogens is 1. The molecule has 5 rings (SSSR count). The first-order valence-corrected chi connectivity index (χ1v) is 13.6. The highest BCUT2D eigenvalue weighted by Gasteiger charge is 2.30. The summed E-state index contributed by atoms with van der Waals surface area (Å²) in [7, 11) is 1.63. The van der Waals surface area contributed by atoms with Crippen LogP contribution in [0.1, 0.15) is 66.6 Å². The van der Waals surface area contributed by atoms with E-state index in [2.05, 4.69) is 5.32 Å². The van der Waals surface area contributed by atoms with E-state index in [1.54, 1.807) is 18.6 Å². The Morgan fingerprint density at radius 1 is 1.18 bits per heavy atom. The van der Waals surface area contributed by atoms with Crippen molar-refractivity contribution >= 4 is 16.9 Å². The summed E-state index contributed by atoms with van der Waals surface area (Å²) in [6, 6.07) is 8.94. The number of hydrogen-bond donors (Lipinski definition) is 1. The number of nitrogens with one attached hydrogen (secondary N) is 1. The molecule has 1 aliphatic heterocycles. The number of hydrogen-bond acceptors (Lipinski definition) is 6. The van der Waals surface area contributed by atoms with Crippen molar-refractivity contribution in [2.45, 2.75) is 70.2 Å². The summed E-state index contributed by atoms with van der Waals surface area (Å²) in [5.41, 5.74) is 0.864. The number of carbonyl (C=O) groups excluding carboxylic acids is 1. The fourth-order valence-electron chi connectivity index (χ4n) is 5.36. The number of pyridine rings is 1. The maximum atomic E-state index is 15.2. The lowest BCUT2D eigenvalue weighted by atomic mass is 9.98. The van der Waals surface area contributed by atoms with Crippen LogP contribution in [0.15, 0.2) is 41.3 Å². The summed E-state index contributed by atoms with van der Waals surface area (Å²) in [5.74, 6) is -1.96. The second-order valence-corrected chi connectivity index (χ2v) is 10.3. The average molecular weight is 541 g/mol. The van der Waals surface area contributed by atoms with Gasteiger partial charge in [0.25, 0.3) is 0 Å². The topological polar surface area (TPSA) is 78.8 Å². The van der Waals surface area contributed by atoms with Gasteiger partial charge in [-0.1, -0.05) is 12.1 Å². The second kappa shape index (κ2) is 11.8. The fourth-order valence-corrected chi connectivity index (χ4v) is 5.36. The molecule has 1 saturated carbocycles. The SMILES string of the molecule is CCOC(=O)c1cn(C2CC2)c2c(CCC[C@@H]3C[C@@H](OCc4ccc(OC)cc4)CN3)c(F)c(F)cc2c1=O. The molecule has 1 saturated heterocycles. The Morgan fingerprint density at radius 3 is 2.64 bits per heavy atom. The predicted octanol–water partition coefficient (Wildman–Crippen LogP) is 5.07. The van der Waals surface area contributed by atoms with E-state index in [1.807, 2.05) is 24.3 Å². The van der Waals surface area contributed by atoms with E-state index in [9.17, 15) is 14.0 Å². The number of fused-ring (bicyclic) bond motifs is 1. The van der Waals surface area contributed by atoms with Crippen molar-refractivity contribution in [1.82, 2.24) is 9.88 Å². The molecule has 0 radical (unpaired) electrons. The molecule has 2 aromatic carbocycles. The number of methoxy groups -OCH3 is 1. The van der Waals surface area contributed by atoms with Crippen LogP contribution in [0, 0.1) is 11.6 Å². The van der Waals surface area contributed by atoms with Crippen LogP contribution in [0.4, 0.5) is 8.78 Å². The van der Waals surface area contributed by atoms with Gasteiger partial charge in [0, 0.05) is 35.8 Å². The Kier molecular flexibility index (Phi) is 8.28. The molecule has 7 nitrogen and oxygen atoms in total. The zero-order chi connectivity index (χ0) is 27.5. The third kappa shape index (κ3) is 5.99. The van der Waals surface area contributed by atoms with Crippen molar-refractivity contribution in [3.05, 3.63) is 75.1 Å². The van der Waals surface area contributed by atoms with E-state index in [1.165, 1.54) is 6.20 Å². The highest BCUT2D eigenvalue weighted by Crippen LogP contribution is 2.39. The molecule has 2 aliphatic rings. The van der Waals surface area contributed by atoms with Gasteiger partial charge < -0.3 is 24.1 Å². The molecule has 208 valence electrons. The van der Waals surface area contributed by atoms with Crippen molar-refractivity contribution < 1.29 is 27.8 Å². The summed E-state index contributed by atoms with van der Waals surface area (Å²) in [5, 5.41) is 3.49. The first-order chi connectivity index (χ1) is 18.9. The molecule has 0 bridgehead atoms. The molecule has 2 heterocycles. The molecule has 39 heavy (non-hydrogen) atoms. The van der Waals surface area contributed by atoms with Gasteiger partial charge in [-0.3, -0.25) is 4.79 Å². The summed E-state index contributed by atoms with van der Waals surface area (Å²) in [4.78, 5) is 25.6. The Labute approximate surface area is 226 Å². The quantitative estimate of drug-likeness (QED) is 0.342. The van der Waals surface area contributed by atoms with E-state index in [4.69, 9.17) is 14.2 Å². The van der Waals surface area contributed by atoms with Crippen molar-refractivity contribution in [3.63, 3.8) is 0 Å². The Morgan fingerprint density at radius 2 is 1.95 bits per heavy atom. The minimum atomic E-state index is -1.08. The number of carbonyl (C=O) groups is 1. The number of nitrogens with zero attached hydrogens (tertiary/aromatic N) is 1. The number of rotatable bonds is 11. The molecule has 2 fully saturated rings. The van der Waals surface area contributed by atoms with Crippen LogP contribution in [0.25, 0.3) is 10.9 Å². The van der Waals surface area contributed by atoms with Gasteiger partial charge in [-0.15, -0.1) is 0 Å². The highest BCUT2D eigenvalue weighted by molar-refractivity contribution is 5.94. The summed E-state index contributed by atoms with van der Waals surface area (Å²) >= 11 is 0. The normalized spacial score (nSPS) is 19.0. The molecular formula is C30H34F2N2O5. The molecule has 3 aromatic rings. The van der Waals surface area contributed by atoms with Crippen molar-refractivity contribution in [1.29, 1.82) is 0 Å². The van der Waals surface area contributed by atoms with Crippen molar-refractivity contribution in [2.24, 2.45) is 0 Å². The Hall–Kier alpha value is -3.30. The molecule has 0 unspecified atom stereocenters. The van der Waals surface area contributed by atoms with Gasteiger partial charge in [0.05, 0.1) is 31.9 Å². The van der Waals surface area contributed by atoms with Crippen LogP contribution in [0.5, 0.6) is 5.75 Å². The molecule has 0 spiro atoms. The number of ether oxygens (including phenoxy) is 3. The van der Waals surface area contributed by atoms with E-state index in [0.717, 1.165) is 49.6 Å². The number of aryl methyl sites for hydroxylation is 1. The van der Waals surface area contributed by atoms with E-state index >= 15 is 4.39 Å². The first-order valence-electron chi connectivity index (χ1n) is 13.6. The highest BCUT2D eigenvalue weighted by atomic mass is 19.2. The van der Waals surface area contributed by atoms with Crippen LogP contribution in [-0.2, 0) is 22.5 Å². The molecular weight excluding hydrogens is 506 g/mol. The fraction of sp³-hybridized carbons (Fsp3) is 0.467. The lowest BCUT2D eigenvalue weighted by Gasteiger charge is -2.18. The summed E-state index contributed by atoms with van der Waals surface area (Å²) < 4.78 is 47.9. The smallest absolute Gasteiger partial charge is 0.343 e. The third-order valence-corrected chi connectivity index (χ3v) is 7.54. The molecule has 9 heteroatoms. The molecule has 1 aliphatic carbocycles. The van der Waals surface area contributed by atoms with Crippen LogP contribution in [-0.4, -0.2) is 42.9 Å². The Balaban J connectivity index is 1.27. The van der Waals surface area contributed by atoms with Crippen molar-refractivity contribution in [2.75, 3.05) is 20.3 Å². The minimum Gasteiger partial charge on any atom is -0.497 e. The summed E-state index contributed by atoms with van der Waals surface area (Å²) in [6.07, 6.45) is 5.71. The second-order valence-electron chi connectivity index (χ2n) is 10.3. The predicted molar refractivity (Wildman–Crippen MR) is 143 cm³/mol. The van der Waals surface area contributed by atoms with E-state index in [0.29, 0.717) is 18.5 Å². The maximum absolute atomic E-state index is 15.2. The Bertz CT molecular complexity index is 1400. The van der Waals surface area contributed by atoms with Crippen molar-refractivity contribution in [3.8, 4) is 5.75 Å². The number of esters is 1. The minimum absolute atomic E-state index is 0.0207. The summed E-state index contributed by atoms with van der Waals surface area (Å²) in [6.45, 7) is 3.01. The van der Waals surface area contributed by atoms with Crippen LogP contribution >= 0.6 is 0 Å². The van der Waals surface area contributed by atoms with Gasteiger partial charge in [0.2, 0.25) is 5.43 Å². The number of benzene rings is 2. The first kappa shape index (κ1) is 27.3. The molecule has 1 N–H and O–H groups in total. The monoisotopic (exact) mass is 540 g/mol. The standard InChI is InChI=1S/C30H34F2N2O5/c1-3-38-30(36)25-16-34(20-9-10-20)28-23(27(32)26(31)14-24(28)29(25)35)6-4-5-19-13-22(15-33-19)39-17-18-7-11-21(37-2)12-8-18/h7-8,11-12,14,16,19-20,22,33H,3-6,9-10,13,15,17H2,1-2H3/t19-,22-/m1/s1. The third-order valence-electron chi connectivity index (χ3n) is 7.54. The van der Waals surface area contributed by atoms with Gasteiger partial charge in [-0.2, -0.15) is 0 Å². The van der Waals surface area contributed by atoms with Gasteiger partial charge >= 0.3 is 5.97 Å².